The minimum absolute atomic E-state index is 0.0803. The molecule has 15 heteroatoms. The summed E-state index contributed by atoms with van der Waals surface area (Å²) in [4.78, 5) is 7.68. The van der Waals surface area contributed by atoms with E-state index in [2.05, 4.69) is 30.3 Å². The Hall–Kier alpha value is -3.55. The number of benzene rings is 2. The Morgan fingerprint density at radius 1 is 1.00 bits per heavy atom. The van der Waals surface area contributed by atoms with E-state index in [9.17, 15) is 35.1 Å². The Balaban J connectivity index is 1.72. The second-order valence-corrected chi connectivity index (χ2v) is 7.09. The molecule has 1 aromatic heterocycles. The van der Waals surface area contributed by atoms with E-state index in [1.165, 1.54) is 18.2 Å². The van der Waals surface area contributed by atoms with Gasteiger partial charge in [-0.15, -0.1) is 5.11 Å². The summed E-state index contributed by atoms with van der Waals surface area (Å²) in [6, 6.07) is 8.20. The van der Waals surface area contributed by atoms with Crippen molar-refractivity contribution in [2.45, 2.75) is 25.3 Å². The van der Waals surface area contributed by atoms with Crippen LogP contribution in [0.4, 0.5) is 52.6 Å². The van der Waals surface area contributed by atoms with Crippen molar-refractivity contribution in [1.29, 1.82) is 0 Å². The molecule has 0 atom stereocenters. The maximum absolute atomic E-state index is 13.5. The molecule has 0 aliphatic heterocycles. The molecule has 0 radical (unpaired) electrons. The van der Waals surface area contributed by atoms with Gasteiger partial charge in [0.15, 0.2) is 0 Å². The van der Waals surface area contributed by atoms with Crippen LogP contribution in [-0.4, -0.2) is 22.5 Å². The van der Waals surface area contributed by atoms with Crippen LogP contribution in [0, 0.1) is 5.82 Å². The highest BCUT2D eigenvalue weighted by Crippen LogP contribution is 2.34. The zero-order chi connectivity index (χ0) is 25.8. The molecule has 0 unspecified atom stereocenters. The number of nitrogens with zero attached hydrogens (tertiary/aromatic N) is 4. The van der Waals surface area contributed by atoms with Gasteiger partial charge in [0.2, 0.25) is 0 Å². The summed E-state index contributed by atoms with van der Waals surface area (Å²) < 4.78 is 107. The monoisotopic (exact) mass is 525 g/mol. The van der Waals surface area contributed by atoms with E-state index in [0.717, 1.165) is 18.2 Å². The van der Waals surface area contributed by atoms with Crippen LogP contribution >= 0.6 is 11.6 Å². The number of rotatable bonds is 8. The first-order valence-electron chi connectivity index (χ1n) is 9.33. The van der Waals surface area contributed by atoms with Crippen LogP contribution in [0.15, 0.2) is 58.8 Å². The quantitative estimate of drug-likeness (QED) is 0.187. The first-order chi connectivity index (χ1) is 16.3. The fourth-order valence-corrected chi connectivity index (χ4v) is 2.75. The van der Waals surface area contributed by atoms with Crippen molar-refractivity contribution >= 4 is 29.1 Å². The number of hydrogen-bond acceptors (Lipinski definition) is 6. The Bertz CT molecular complexity index is 1220. The Kier molecular flexibility index (Phi) is 7.73. The van der Waals surface area contributed by atoms with Crippen molar-refractivity contribution in [2.75, 3.05) is 5.32 Å². The van der Waals surface area contributed by atoms with Crippen molar-refractivity contribution in [3.63, 3.8) is 0 Å². The number of aromatic nitrogens is 2. The van der Waals surface area contributed by atoms with E-state index in [4.69, 9.17) is 11.6 Å². The number of alkyl halides is 7. The molecule has 0 aliphatic rings. The number of anilines is 2. The molecule has 0 fully saturated rings. The van der Waals surface area contributed by atoms with E-state index < -0.39 is 35.8 Å². The van der Waals surface area contributed by atoms with Crippen LogP contribution in [0.2, 0.25) is 5.15 Å². The third-order valence-electron chi connectivity index (χ3n) is 4.05. The number of azo groups is 1. The second kappa shape index (κ2) is 10.4. The van der Waals surface area contributed by atoms with E-state index in [1.807, 2.05) is 0 Å². The maximum Gasteiger partial charge on any atom is 0.461 e. The van der Waals surface area contributed by atoms with Crippen LogP contribution in [0.1, 0.15) is 11.1 Å². The Morgan fingerprint density at radius 3 is 2.43 bits per heavy atom. The summed E-state index contributed by atoms with van der Waals surface area (Å²) in [6.45, 7) is -0.219. The molecule has 1 heterocycles. The number of hydrogen-bond donors (Lipinski definition) is 1. The molecular weight excluding hydrogens is 514 g/mol. The zero-order valence-corrected chi connectivity index (χ0v) is 17.8. The average Bonchev–Trinajstić information content (AvgIpc) is 2.74. The number of halogens is 9. The average molecular weight is 526 g/mol. The highest BCUT2D eigenvalue weighted by molar-refractivity contribution is 6.29. The summed E-state index contributed by atoms with van der Waals surface area (Å²) in [5, 5.41) is 9.82. The van der Waals surface area contributed by atoms with Gasteiger partial charge in [-0.05, 0) is 35.9 Å². The van der Waals surface area contributed by atoms with Crippen LogP contribution in [0.3, 0.4) is 0 Å². The van der Waals surface area contributed by atoms with Crippen molar-refractivity contribution in [3.8, 4) is 5.75 Å². The van der Waals surface area contributed by atoms with Gasteiger partial charge in [0.1, 0.15) is 22.5 Å². The summed E-state index contributed by atoms with van der Waals surface area (Å²) >= 11 is 5.87. The first kappa shape index (κ1) is 26.1. The lowest BCUT2D eigenvalue weighted by Gasteiger charge is -2.16. The molecule has 3 rings (SSSR count). The molecule has 6 nitrogen and oxygen atoms in total. The fraction of sp³-hybridized carbons (Fsp3) is 0.200. The van der Waals surface area contributed by atoms with E-state index >= 15 is 0 Å². The van der Waals surface area contributed by atoms with Gasteiger partial charge in [-0.1, -0.05) is 23.7 Å². The highest BCUT2D eigenvalue weighted by Gasteiger charge is 2.44. The smallest absolute Gasteiger partial charge is 0.428 e. The van der Waals surface area contributed by atoms with Gasteiger partial charge in [0.25, 0.3) is 5.95 Å². The minimum Gasteiger partial charge on any atom is -0.428 e. The van der Waals surface area contributed by atoms with Crippen molar-refractivity contribution in [2.24, 2.45) is 10.2 Å². The Labute approximate surface area is 196 Å². The largest absolute Gasteiger partial charge is 0.461 e. The lowest BCUT2D eigenvalue weighted by Crippen LogP contribution is -2.33. The molecule has 0 saturated carbocycles. The lowest BCUT2D eigenvalue weighted by molar-refractivity contribution is -0.253. The third kappa shape index (κ3) is 7.21. The summed E-state index contributed by atoms with van der Waals surface area (Å²) in [5.41, 5.74) is -1.36. The molecule has 186 valence electrons. The molecule has 0 amide bonds. The minimum atomic E-state index is -4.91. The molecule has 3 aromatic rings. The van der Waals surface area contributed by atoms with Gasteiger partial charge in [0, 0.05) is 11.8 Å². The van der Waals surface area contributed by atoms with Gasteiger partial charge >= 0.3 is 18.7 Å². The zero-order valence-electron chi connectivity index (χ0n) is 17.0. The van der Waals surface area contributed by atoms with E-state index in [0.29, 0.717) is 12.1 Å². The van der Waals surface area contributed by atoms with Gasteiger partial charge < -0.3 is 10.1 Å². The van der Waals surface area contributed by atoms with Crippen LogP contribution < -0.4 is 10.1 Å². The van der Waals surface area contributed by atoms with Gasteiger partial charge in [-0.2, -0.15) is 45.8 Å². The number of ether oxygens (including phenoxy) is 1. The topological polar surface area (TPSA) is 71.8 Å². The van der Waals surface area contributed by atoms with Crippen LogP contribution in [0.25, 0.3) is 0 Å². The van der Waals surface area contributed by atoms with Crippen LogP contribution in [0.5, 0.6) is 5.75 Å². The predicted molar refractivity (Wildman–Crippen MR) is 108 cm³/mol. The molecule has 0 spiro atoms. The van der Waals surface area contributed by atoms with Gasteiger partial charge in [-0.3, -0.25) is 0 Å². The molecule has 1 N–H and O–H groups in total. The fourth-order valence-electron chi connectivity index (χ4n) is 2.57. The standard InChI is InChI=1S/C20H12ClF8N5O/c21-15-8-16(31-11-4-5-14(22)13(7-11)19(25,26)27)33-18(32-15)34-30-9-10-2-1-3-12(6-10)35-20(28,29)17(23)24/h1-8,17H,9H2,(H,31,32,33). The maximum atomic E-state index is 13.5. The Morgan fingerprint density at radius 2 is 1.74 bits per heavy atom. The predicted octanol–water partition coefficient (Wildman–Crippen LogP) is 7.55. The van der Waals surface area contributed by atoms with Gasteiger partial charge in [0.05, 0.1) is 12.1 Å². The molecule has 0 saturated heterocycles. The molecule has 0 bridgehead atoms. The van der Waals surface area contributed by atoms with Gasteiger partial charge in [-0.25, -0.2) is 4.39 Å². The molecule has 0 aliphatic carbocycles. The highest BCUT2D eigenvalue weighted by atomic mass is 35.5. The van der Waals surface area contributed by atoms with Crippen molar-refractivity contribution < 1.29 is 39.9 Å². The molecule has 35 heavy (non-hydrogen) atoms. The van der Waals surface area contributed by atoms with Crippen LogP contribution in [-0.2, 0) is 12.7 Å². The molecule has 2 aromatic carbocycles. The SMILES string of the molecule is Fc1ccc(Nc2cc(Cl)nc(N=NCc3cccc(OC(F)(F)C(F)F)c3)n2)cc1C(F)(F)F. The second-order valence-electron chi connectivity index (χ2n) is 6.70. The molecular formula is C20H12ClF8N5O. The summed E-state index contributed by atoms with van der Waals surface area (Å²) in [7, 11) is 0. The summed E-state index contributed by atoms with van der Waals surface area (Å²) in [6.07, 6.45) is -13.6. The summed E-state index contributed by atoms with van der Waals surface area (Å²) in [5.74, 6) is -2.37. The van der Waals surface area contributed by atoms with E-state index in [1.54, 1.807) is 0 Å². The first-order valence-corrected chi connectivity index (χ1v) is 9.71. The number of nitrogens with one attached hydrogen (secondary N) is 1. The van der Waals surface area contributed by atoms with Crippen molar-refractivity contribution in [1.82, 2.24) is 9.97 Å². The van der Waals surface area contributed by atoms with E-state index in [-0.39, 0.29) is 34.7 Å². The van der Waals surface area contributed by atoms with Crippen molar-refractivity contribution in [3.05, 3.63) is 70.6 Å². The lowest BCUT2D eigenvalue weighted by atomic mass is 10.2. The third-order valence-corrected chi connectivity index (χ3v) is 4.24. The normalized spacial score (nSPS) is 12.4.